The van der Waals surface area contributed by atoms with Gasteiger partial charge in [-0.15, -0.1) is 0 Å². The number of nitrogens with zero attached hydrogens (tertiary/aromatic N) is 4. The highest BCUT2D eigenvalue weighted by molar-refractivity contribution is 6.29. The Hall–Kier alpha value is -2.06. The molecule has 2 N–H and O–H groups in total. The predicted octanol–water partition coefficient (Wildman–Crippen LogP) is 1.04. The van der Waals surface area contributed by atoms with Gasteiger partial charge in [-0.1, -0.05) is 11.6 Å². The summed E-state index contributed by atoms with van der Waals surface area (Å²) in [6.45, 7) is 0.701. The molecule has 0 aliphatic carbocycles. The van der Waals surface area contributed by atoms with Crippen LogP contribution in [0, 0.1) is 0 Å². The van der Waals surface area contributed by atoms with Crippen LogP contribution in [0.1, 0.15) is 0 Å². The van der Waals surface area contributed by atoms with Crippen LogP contribution in [0.2, 0.25) is 5.15 Å². The van der Waals surface area contributed by atoms with E-state index in [4.69, 9.17) is 21.1 Å². The second-order valence-corrected chi connectivity index (χ2v) is 5.10. The van der Waals surface area contributed by atoms with Crippen molar-refractivity contribution in [3.05, 3.63) is 17.3 Å². The van der Waals surface area contributed by atoms with Gasteiger partial charge in [-0.3, -0.25) is 0 Å². The molecule has 1 unspecified atom stereocenters. The van der Waals surface area contributed by atoms with Crippen molar-refractivity contribution in [2.24, 2.45) is 0 Å². The molecule has 1 aliphatic heterocycles. The largest absolute Gasteiger partial charge is 0.465 e. The van der Waals surface area contributed by atoms with Crippen LogP contribution in [-0.4, -0.2) is 63.5 Å². The Balaban J connectivity index is 1.88. The van der Waals surface area contributed by atoms with Gasteiger partial charge in [-0.25, -0.2) is 9.78 Å². The van der Waals surface area contributed by atoms with E-state index in [-0.39, 0.29) is 13.2 Å². The van der Waals surface area contributed by atoms with Crippen LogP contribution in [0.3, 0.4) is 0 Å². The normalized spacial score (nSPS) is 19.2. The summed E-state index contributed by atoms with van der Waals surface area (Å²) < 4.78 is 5.61. The molecule has 2 aromatic heterocycles. The standard InChI is InChI=1S/C12H13ClN4O4/c13-9-2-1-8-10(14-9)15-11(21-8)17-4-3-16(12(19)20)5-7(17)6-18/h1-2,7,18H,3-6H2,(H,19,20). The van der Waals surface area contributed by atoms with Gasteiger partial charge < -0.3 is 24.4 Å². The van der Waals surface area contributed by atoms with Crippen molar-refractivity contribution in [1.82, 2.24) is 14.9 Å². The highest BCUT2D eigenvalue weighted by Crippen LogP contribution is 2.25. The number of piperazine rings is 1. The van der Waals surface area contributed by atoms with E-state index in [0.717, 1.165) is 0 Å². The molecule has 112 valence electrons. The third-order valence-electron chi connectivity index (χ3n) is 3.42. The van der Waals surface area contributed by atoms with E-state index in [1.165, 1.54) is 4.90 Å². The van der Waals surface area contributed by atoms with Crippen LogP contribution in [0.4, 0.5) is 10.8 Å². The lowest BCUT2D eigenvalue weighted by molar-refractivity contribution is 0.123. The van der Waals surface area contributed by atoms with Crippen LogP contribution < -0.4 is 4.90 Å². The van der Waals surface area contributed by atoms with Crippen molar-refractivity contribution in [3.63, 3.8) is 0 Å². The molecule has 0 radical (unpaired) electrons. The van der Waals surface area contributed by atoms with Crippen molar-refractivity contribution >= 4 is 34.9 Å². The number of amides is 1. The quantitative estimate of drug-likeness (QED) is 0.798. The molecular formula is C12H13ClN4O4. The zero-order valence-corrected chi connectivity index (χ0v) is 11.7. The van der Waals surface area contributed by atoms with Gasteiger partial charge in [-0.2, -0.15) is 4.98 Å². The van der Waals surface area contributed by atoms with Gasteiger partial charge in [0, 0.05) is 19.6 Å². The summed E-state index contributed by atoms with van der Waals surface area (Å²) in [4.78, 5) is 22.3. The van der Waals surface area contributed by atoms with Gasteiger partial charge >= 0.3 is 6.09 Å². The van der Waals surface area contributed by atoms with Crippen molar-refractivity contribution in [2.75, 3.05) is 31.1 Å². The second kappa shape index (κ2) is 5.38. The zero-order chi connectivity index (χ0) is 15.0. The number of pyridine rings is 1. The van der Waals surface area contributed by atoms with E-state index in [1.807, 2.05) is 0 Å². The Morgan fingerprint density at radius 3 is 2.95 bits per heavy atom. The molecule has 3 rings (SSSR count). The van der Waals surface area contributed by atoms with Crippen LogP contribution in [-0.2, 0) is 0 Å². The highest BCUT2D eigenvalue weighted by atomic mass is 35.5. The molecule has 3 heterocycles. The molecule has 1 aliphatic rings. The number of carbonyl (C=O) groups is 1. The fourth-order valence-electron chi connectivity index (χ4n) is 2.34. The first-order valence-corrected chi connectivity index (χ1v) is 6.74. The van der Waals surface area contributed by atoms with E-state index < -0.39 is 12.1 Å². The predicted molar refractivity (Wildman–Crippen MR) is 74.6 cm³/mol. The lowest BCUT2D eigenvalue weighted by atomic mass is 10.2. The molecular weight excluding hydrogens is 300 g/mol. The molecule has 0 spiro atoms. The number of oxazole rings is 1. The smallest absolute Gasteiger partial charge is 0.407 e. The molecule has 1 fully saturated rings. The molecule has 21 heavy (non-hydrogen) atoms. The van der Waals surface area contributed by atoms with Crippen molar-refractivity contribution in [1.29, 1.82) is 0 Å². The number of halogens is 1. The van der Waals surface area contributed by atoms with Crippen LogP contribution in [0.25, 0.3) is 11.2 Å². The number of aromatic nitrogens is 2. The zero-order valence-electron chi connectivity index (χ0n) is 10.9. The fraction of sp³-hybridized carbons (Fsp3) is 0.417. The number of hydrogen-bond acceptors (Lipinski definition) is 6. The third kappa shape index (κ3) is 2.59. The molecule has 0 aromatic carbocycles. The van der Waals surface area contributed by atoms with Crippen molar-refractivity contribution in [2.45, 2.75) is 6.04 Å². The summed E-state index contributed by atoms with van der Waals surface area (Å²) in [5.41, 5.74) is 0.876. The lowest BCUT2D eigenvalue weighted by Crippen LogP contribution is -2.56. The lowest BCUT2D eigenvalue weighted by Gasteiger charge is -2.38. The van der Waals surface area contributed by atoms with E-state index >= 15 is 0 Å². The molecule has 1 atom stereocenters. The Morgan fingerprint density at radius 2 is 2.24 bits per heavy atom. The number of fused-ring (bicyclic) bond motifs is 1. The summed E-state index contributed by atoms with van der Waals surface area (Å²) in [5.74, 6) is 0. The third-order valence-corrected chi connectivity index (χ3v) is 3.63. The summed E-state index contributed by atoms with van der Waals surface area (Å²) in [5, 5.41) is 18.8. The van der Waals surface area contributed by atoms with Crippen LogP contribution in [0.5, 0.6) is 0 Å². The molecule has 9 heteroatoms. The van der Waals surface area contributed by atoms with Gasteiger partial charge in [0.1, 0.15) is 5.15 Å². The Labute approximate surface area is 124 Å². The maximum atomic E-state index is 11.0. The minimum atomic E-state index is -1.00. The molecule has 0 saturated carbocycles. The minimum Gasteiger partial charge on any atom is -0.465 e. The number of anilines is 1. The SMILES string of the molecule is O=C(O)N1CCN(c2nc3nc(Cl)ccc3o2)C(CO)C1. The Kier molecular flexibility index (Phi) is 3.56. The number of aliphatic hydroxyl groups is 1. The average molecular weight is 313 g/mol. The average Bonchev–Trinajstić information content (AvgIpc) is 2.89. The molecule has 0 bridgehead atoms. The molecule has 8 nitrogen and oxygen atoms in total. The fourth-order valence-corrected chi connectivity index (χ4v) is 2.49. The topological polar surface area (TPSA) is 103 Å². The monoisotopic (exact) mass is 312 g/mol. The van der Waals surface area contributed by atoms with Crippen molar-refractivity contribution < 1.29 is 19.4 Å². The summed E-state index contributed by atoms with van der Waals surface area (Å²) in [7, 11) is 0. The number of hydrogen-bond donors (Lipinski definition) is 2. The van der Waals surface area contributed by atoms with E-state index in [1.54, 1.807) is 17.0 Å². The van der Waals surface area contributed by atoms with Gasteiger partial charge in [0.15, 0.2) is 5.58 Å². The summed E-state index contributed by atoms with van der Waals surface area (Å²) in [6.07, 6.45) is -1.00. The number of carboxylic acid groups (broad SMARTS) is 1. The van der Waals surface area contributed by atoms with Gasteiger partial charge in [0.25, 0.3) is 6.01 Å². The van der Waals surface area contributed by atoms with Gasteiger partial charge in [0.05, 0.1) is 12.6 Å². The van der Waals surface area contributed by atoms with E-state index in [0.29, 0.717) is 35.5 Å². The minimum absolute atomic E-state index is 0.193. The number of aliphatic hydroxyl groups excluding tert-OH is 1. The second-order valence-electron chi connectivity index (χ2n) is 4.71. The maximum absolute atomic E-state index is 11.0. The first kappa shape index (κ1) is 13.9. The Morgan fingerprint density at radius 1 is 1.43 bits per heavy atom. The summed E-state index contributed by atoms with van der Waals surface area (Å²) in [6, 6.07) is 3.18. The van der Waals surface area contributed by atoms with Gasteiger partial charge in [-0.05, 0) is 12.1 Å². The van der Waals surface area contributed by atoms with Gasteiger partial charge in [0.2, 0.25) is 5.65 Å². The highest BCUT2D eigenvalue weighted by Gasteiger charge is 2.31. The summed E-state index contributed by atoms with van der Waals surface area (Å²) >= 11 is 5.81. The van der Waals surface area contributed by atoms with E-state index in [2.05, 4.69) is 9.97 Å². The first-order chi connectivity index (χ1) is 10.1. The van der Waals surface area contributed by atoms with E-state index in [9.17, 15) is 9.90 Å². The van der Waals surface area contributed by atoms with Crippen LogP contribution >= 0.6 is 11.6 Å². The Bertz CT molecular complexity index is 676. The molecule has 1 saturated heterocycles. The van der Waals surface area contributed by atoms with Crippen molar-refractivity contribution in [3.8, 4) is 0 Å². The molecule has 1 amide bonds. The first-order valence-electron chi connectivity index (χ1n) is 6.37. The molecule has 2 aromatic rings. The number of rotatable bonds is 2. The maximum Gasteiger partial charge on any atom is 0.407 e. The van der Waals surface area contributed by atoms with Crippen LogP contribution in [0.15, 0.2) is 16.5 Å².